The van der Waals surface area contributed by atoms with E-state index in [2.05, 4.69) is 4.98 Å². The average Bonchev–Trinajstić information content (AvgIpc) is 2.91. The van der Waals surface area contributed by atoms with Gasteiger partial charge in [0.05, 0.1) is 17.7 Å². The van der Waals surface area contributed by atoms with Crippen LogP contribution in [0.3, 0.4) is 0 Å². The number of ether oxygens (including phenoxy) is 1. The van der Waals surface area contributed by atoms with Crippen molar-refractivity contribution in [2.75, 3.05) is 13.7 Å². The van der Waals surface area contributed by atoms with E-state index in [-0.39, 0.29) is 12.5 Å². The van der Waals surface area contributed by atoms with Crippen molar-refractivity contribution in [2.45, 2.75) is 12.5 Å². The van der Waals surface area contributed by atoms with Gasteiger partial charge < -0.3 is 9.64 Å². The number of rotatable bonds is 3. The Bertz CT molecular complexity index is 1020. The lowest BCUT2D eigenvalue weighted by molar-refractivity contribution is -0.153. The van der Waals surface area contributed by atoms with Crippen LogP contribution in [0.2, 0.25) is 0 Å². The highest BCUT2D eigenvalue weighted by molar-refractivity contribution is 6.11. The van der Waals surface area contributed by atoms with Gasteiger partial charge in [0.2, 0.25) is 0 Å². The predicted molar refractivity (Wildman–Crippen MR) is 97.7 cm³/mol. The first-order valence-electron chi connectivity index (χ1n) is 8.51. The highest BCUT2D eigenvalue weighted by Crippen LogP contribution is 2.46. The summed E-state index contributed by atoms with van der Waals surface area (Å²) in [7, 11) is 1.64. The number of pyridine rings is 1. The normalized spacial score (nSPS) is 18.8. The standard InChI is InChI=1S/C21H18N2O3/c1-3-26-20(25)21(14-9-5-4-6-10-14)18-15-11-7-8-12-17(15)22-13-16(18)19(24)23(21)2/h4-13H,3H2,1-2H3/t21-/m1/s1. The van der Waals surface area contributed by atoms with E-state index in [4.69, 9.17) is 4.74 Å². The van der Waals surface area contributed by atoms with Crippen molar-refractivity contribution in [3.8, 4) is 0 Å². The minimum absolute atomic E-state index is 0.230. The second-order valence-corrected chi connectivity index (χ2v) is 6.23. The Hall–Kier alpha value is -3.21. The van der Waals surface area contributed by atoms with Gasteiger partial charge in [0.25, 0.3) is 5.91 Å². The van der Waals surface area contributed by atoms with Crippen LogP contribution in [0, 0.1) is 0 Å². The Morgan fingerprint density at radius 3 is 2.54 bits per heavy atom. The molecule has 3 aromatic rings. The topological polar surface area (TPSA) is 59.5 Å². The fourth-order valence-corrected chi connectivity index (χ4v) is 3.80. The summed E-state index contributed by atoms with van der Waals surface area (Å²) >= 11 is 0. The molecule has 26 heavy (non-hydrogen) atoms. The van der Waals surface area contributed by atoms with Crippen LogP contribution < -0.4 is 0 Å². The minimum atomic E-state index is -1.33. The number of carbonyl (C=O) groups excluding carboxylic acids is 2. The van der Waals surface area contributed by atoms with Crippen molar-refractivity contribution in [2.24, 2.45) is 0 Å². The molecule has 0 bridgehead atoms. The van der Waals surface area contributed by atoms with Gasteiger partial charge in [-0.15, -0.1) is 0 Å². The van der Waals surface area contributed by atoms with Gasteiger partial charge >= 0.3 is 5.97 Å². The SMILES string of the molecule is CCOC(=O)[C@@]1(c2ccccc2)c2c(cnc3ccccc23)C(=O)N1C. The van der Waals surface area contributed by atoms with Crippen LogP contribution in [0.25, 0.3) is 10.9 Å². The minimum Gasteiger partial charge on any atom is -0.464 e. The fourth-order valence-electron chi connectivity index (χ4n) is 3.80. The fraction of sp³-hybridized carbons (Fsp3) is 0.190. The largest absolute Gasteiger partial charge is 0.464 e. The second kappa shape index (κ2) is 5.95. The zero-order chi connectivity index (χ0) is 18.3. The number of benzene rings is 2. The highest BCUT2D eigenvalue weighted by atomic mass is 16.5. The van der Waals surface area contributed by atoms with Gasteiger partial charge in [-0.25, -0.2) is 4.79 Å². The summed E-state index contributed by atoms with van der Waals surface area (Å²) < 4.78 is 5.45. The molecule has 2 heterocycles. The molecule has 0 spiro atoms. The zero-order valence-corrected chi connectivity index (χ0v) is 14.6. The number of likely N-dealkylation sites (N-methyl/N-ethyl adjacent to an activating group) is 1. The molecular formula is C21H18N2O3. The smallest absolute Gasteiger partial charge is 0.341 e. The van der Waals surface area contributed by atoms with Crippen molar-refractivity contribution in [3.63, 3.8) is 0 Å². The Morgan fingerprint density at radius 2 is 1.81 bits per heavy atom. The summed E-state index contributed by atoms with van der Waals surface area (Å²) in [5, 5.41) is 0.777. The van der Waals surface area contributed by atoms with Crippen LogP contribution in [0.4, 0.5) is 0 Å². The summed E-state index contributed by atoms with van der Waals surface area (Å²) in [5.74, 6) is -0.702. The average molecular weight is 346 g/mol. The van der Waals surface area contributed by atoms with Gasteiger partial charge in [-0.1, -0.05) is 48.5 Å². The molecule has 2 aromatic carbocycles. The van der Waals surface area contributed by atoms with E-state index >= 15 is 0 Å². The number of amides is 1. The monoisotopic (exact) mass is 346 g/mol. The van der Waals surface area contributed by atoms with Crippen molar-refractivity contribution >= 4 is 22.8 Å². The molecule has 0 saturated carbocycles. The molecule has 4 rings (SSSR count). The van der Waals surface area contributed by atoms with E-state index in [1.807, 2.05) is 54.6 Å². The number of para-hydroxylation sites is 1. The lowest BCUT2D eigenvalue weighted by Gasteiger charge is -2.35. The van der Waals surface area contributed by atoms with Gasteiger partial charge in [0, 0.05) is 24.2 Å². The number of hydrogen-bond acceptors (Lipinski definition) is 4. The maximum Gasteiger partial charge on any atom is 0.341 e. The molecular weight excluding hydrogens is 328 g/mol. The molecule has 0 N–H and O–H groups in total. The maximum absolute atomic E-state index is 13.3. The third kappa shape index (κ3) is 2.00. The molecule has 5 heteroatoms. The Kier molecular flexibility index (Phi) is 3.72. The van der Waals surface area contributed by atoms with Crippen molar-refractivity contribution in [1.29, 1.82) is 0 Å². The Morgan fingerprint density at radius 1 is 1.12 bits per heavy atom. The van der Waals surface area contributed by atoms with Gasteiger partial charge in [-0.05, 0) is 18.6 Å². The first-order valence-corrected chi connectivity index (χ1v) is 8.51. The van der Waals surface area contributed by atoms with Crippen LogP contribution in [-0.2, 0) is 15.1 Å². The molecule has 1 amide bonds. The molecule has 1 atom stereocenters. The summed E-state index contributed by atoms with van der Waals surface area (Å²) in [6.45, 7) is 1.99. The van der Waals surface area contributed by atoms with Crippen molar-refractivity contribution in [1.82, 2.24) is 9.88 Å². The van der Waals surface area contributed by atoms with Crippen LogP contribution in [0.5, 0.6) is 0 Å². The van der Waals surface area contributed by atoms with E-state index in [0.29, 0.717) is 16.7 Å². The number of carbonyl (C=O) groups is 2. The van der Waals surface area contributed by atoms with Crippen LogP contribution in [0.15, 0.2) is 60.8 Å². The van der Waals surface area contributed by atoms with Gasteiger partial charge in [0.15, 0.2) is 5.54 Å². The molecule has 0 fully saturated rings. The maximum atomic E-state index is 13.3. The third-order valence-corrected chi connectivity index (χ3v) is 4.94. The molecule has 0 unspecified atom stereocenters. The molecule has 0 aliphatic carbocycles. The third-order valence-electron chi connectivity index (χ3n) is 4.94. The Balaban J connectivity index is 2.15. The van der Waals surface area contributed by atoms with Crippen LogP contribution in [-0.4, -0.2) is 35.4 Å². The van der Waals surface area contributed by atoms with Gasteiger partial charge in [-0.2, -0.15) is 0 Å². The second-order valence-electron chi connectivity index (χ2n) is 6.23. The molecule has 1 aliphatic heterocycles. The van der Waals surface area contributed by atoms with Crippen molar-refractivity contribution < 1.29 is 14.3 Å². The van der Waals surface area contributed by atoms with E-state index in [1.54, 1.807) is 20.2 Å². The zero-order valence-electron chi connectivity index (χ0n) is 14.6. The molecule has 0 radical (unpaired) electrons. The predicted octanol–water partition coefficient (Wildman–Crippen LogP) is 3.13. The lowest BCUT2D eigenvalue weighted by Crippen LogP contribution is -2.49. The summed E-state index contributed by atoms with van der Waals surface area (Å²) in [5.41, 5.74) is 1.18. The molecule has 0 saturated heterocycles. The number of aromatic nitrogens is 1. The van der Waals surface area contributed by atoms with Crippen LogP contribution in [0.1, 0.15) is 28.4 Å². The number of hydrogen-bond donors (Lipinski definition) is 0. The summed E-state index contributed by atoms with van der Waals surface area (Å²) in [4.78, 5) is 32.2. The van der Waals surface area contributed by atoms with Crippen LogP contribution >= 0.6 is 0 Å². The quantitative estimate of drug-likeness (QED) is 0.684. The van der Waals surface area contributed by atoms with Crippen molar-refractivity contribution in [3.05, 3.63) is 77.5 Å². The number of nitrogens with zero attached hydrogens (tertiary/aromatic N) is 2. The van der Waals surface area contributed by atoms with Gasteiger partial charge in [-0.3, -0.25) is 9.78 Å². The summed E-state index contributed by atoms with van der Waals surface area (Å²) in [6, 6.07) is 16.8. The number of fused-ring (bicyclic) bond motifs is 3. The van der Waals surface area contributed by atoms with E-state index in [9.17, 15) is 9.59 Å². The van der Waals surface area contributed by atoms with E-state index in [1.165, 1.54) is 4.90 Å². The number of esters is 1. The molecule has 5 nitrogen and oxygen atoms in total. The van der Waals surface area contributed by atoms with E-state index in [0.717, 1.165) is 10.9 Å². The summed E-state index contributed by atoms with van der Waals surface area (Å²) in [6.07, 6.45) is 1.56. The lowest BCUT2D eigenvalue weighted by atomic mass is 9.81. The highest BCUT2D eigenvalue weighted by Gasteiger charge is 2.57. The molecule has 1 aromatic heterocycles. The molecule has 130 valence electrons. The van der Waals surface area contributed by atoms with E-state index < -0.39 is 11.5 Å². The molecule has 1 aliphatic rings. The Labute approximate surface area is 151 Å². The first kappa shape index (κ1) is 16.3. The van der Waals surface area contributed by atoms with Gasteiger partial charge in [0.1, 0.15) is 0 Å². The first-order chi connectivity index (χ1) is 12.6.